The monoisotopic (exact) mass is 322 g/mol. The highest BCUT2D eigenvalue weighted by Gasteiger charge is 2.39. The van der Waals surface area contributed by atoms with E-state index in [0.717, 1.165) is 24.8 Å². The van der Waals surface area contributed by atoms with Gasteiger partial charge in [-0.2, -0.15) is 0 Å². The molecule has 126 valence electrons. The SMILES string of the molecule is O=C(O)C1(CNCc2ccc([N+](=O)[O-])c(CO)c2)CCCCC1. The van der Waals surface area contributed by atoms with Crippen molar-refractivity contribution in [1.82, 2.24) is 5.32 Å². The Morgan fingerprint density at radius 3 is 2.57 bits per heavy atom. The molecule has 1 aromatic carbocycles. The van der Waals surface area contributed by atoms with Gasteiger partial charge in [-0.3, -0.25) is 14.9 Å². The van der Waals surface area contributed by atoms with E-state index in [2.05, 4.69) is 5.32 Å². The maximum absolute atomic E-state index is 11.6. The van der Waals surface area contributed by atoms with E-state index in [-0.39, 0.29) is 11.3 Å². The molecule has 0 bridgehead atoms. The zero-order valence-corrected chi connectivity index (χ0v) is 13.0. The van der Waals surface area contributed by atoms with Gasteiger partial charge in [0.05, 0.1) is 22.5 Å². The molecule has 0 spiro atoms. The first-order chi connectivity index (χ1) is 11.0. The van der Waals surface area contributed by atoms with E-state index >= 15 is 0 Å². The van der Waals surface area contributed by atoms with Crippen LogP contribution in [0.4, 0.5) is 5.69 Å². The van der Waals surface area contributed by atoms with E-state index in [9.17, 15) is 25.1 Å². The van der Waals surface area contributed by atoms with Crippen LogP contribution in [0.2, 0.25) is 0 Å². The van der Waals surface area contributed by atoms with Crippen molar-refractivity contribution in [2.24, 2.45) is 5.41 Å². The molecule has 23 heavy (non-hydrogen) atoms. The van der Waals surface area contributed by atoms with Gasteiger partial charge >= 0.3 is 5.97 Å². The maximum Gasteiger partial charge on any atom is 0.310 e. The summed E-state index contributed by atoms with van der Waals surface area (Å²) in [6.45, 7) is 0.400. The van der Waals surface area contributed by atoms with Crippen molar-refractivity contribution in [2.45, 2.75) is 45.3 Å². The molecule has 0 heterocycles. The Labute approximate surface area is 134 Å². The number of aliphatic carboxylic acids is 1. The van der Waals surface area contributed by atoms with Gasteiger partial charge in [0.1, 0.15) is 0 Å². The lowest BCUT2D eigenvalue weighted by Gasteiger charge is -2.33. The average Bonchev–Trinajstić information content (AvgIpc) is 2.55. The second kappa shape index (κ2) is 7.52. The number of aliphatic hydroxyl groups excluding tert-OH is 1. The summed E-state index contributed by atoms with van der Waals surface area (Å²) in [6, 6.07) is 4.58. The molecule has 0 aromatic heterocycles. The van der Waals surface area contributed by atoms with Gasteiger partial charge in [-0.05, 0) is 24.5 Å². The van der Waals surface area contributed by atoms with Crippen molar-refractivity contribution >= 4 is 11.7 Å². The molecule has 0 radical (unpaired) electrons. The number of nitrogens with one attached hydrogen (secondary N) is 1. The molecular formula is C16H22N2O5. The van der Waals surface area contributed by atoms with Crippen molar-refractivity contribution < 1.29 is 19.9 Å². The number of carbonyl (C=O) groups is 1. The fraction of sp³-hybridized carbons (Fsp3) is 0.562. The van der Waals surface area contributed by atoms with E-state index in [1.165, 1.54) is 6.07 Å². The van der Waals surface area contributed by atoms with Crippen molar-refractivity contribution in [3.63, 3.8) is 0 Å². The highest BCUT2D eigenvalue weighted by molar-refractivity contribution is 5.75. The van der Waals surface area contributed by atoms with Gasteiger partial charge in [-0.15, -0.1) is 0 Å². The molecule has 3 N–H and O–H groups in total. The van der Waals surface area contributed by atoms with Crippen molar-refractivity contribution in [2.75, 3.05) is 6.54 Å². The predicted molar refractivity (Wildman–Crippen MR) is 83.9 cm³/mol. The third kappa shape index (κ3) is 4.05. The van der Waals surface area contributed by atoms with Crippen LogP contribution >= 0.6 is 0 Å². The van der Waals surface area contributed by atoms with E-state index in [1.807, 2.05) is 0 Å². The maximum atomic E-state index is 11.6. The smallest absolute Gasteiger partial charge is 0.310 e. The third-order valence-corrected chi connectivity index (χ3v) is 4.57. The lowest BCUT2D eigenvalue weighted by Crippen LogP contribution is -2.42. The number of hydrogen-bond acceptors (Lipinski definition) is 5. The normalized spacial score (nSPS) is 16.9. The molecule has 0 amide bonds. The summed E-state index contributed by atoms with van der Waals surface area (Å²) in [7, 11) is 0. The van der Waals surface area contributed by atoms with Gasteiger partial charge in [0, 0.05) is 19.2 Å². The van der Waals surface area contributed by atoms with Crippen molar-refractivity contribution in [3.05, 3.63) is 39.4 Å². The number of benzene rings is 1. The van der Waals surface area contributed by atoms with Crippen LogP contribution < -0.4 is 5.32 Å². The predicted octanol–water partition coefficient (Wildman–Crippen LogP) is 2.21. The number of carboxylic acid groups (broad SMARTS) is 1. The summed E-state index contributed by atoms with van der Waals surface area (Å²) in [6.07, 6.45) is 4.30. The first kappa shape index (κ1) is 17.4. The molecule has 7 nitrogen and oxygen atoms in total. The lowest BCUT2D eigenvalue weighted by molar-refractivity contribution is -0.385. The van der Waals surface area contributed by atoms with Gasteiger partial charge in [-0.25, -0.2) is 0 Å². The van der Waals surface area contributed by atoms with Crippen LogP contribution in [0.15, 0.2) is 18.2 Å². The van der Waals surface area contributed by atoms with Crippen LogP contribution in [-0.2, 0) is 17.9 Å². The largest absolute Gasteiger partial charge is 0.481 e. The standard InChI is InChI=1S/C16H22N2O5/c19-10-13-8-12(4-5-14(13)18(22)23)9-17-11-16(15(20)21)6-2-1-3-7-16/h4-5,8,17,19H,1-3,6-7,9-11H2,(H,20,21). The highest BCUT2D eigenvalue weighted by Crippen LogP contribution is 2.36. The number of aliphatic hydroxyl groups is 1. The minimum atomic E-state index is -0.760. The summed E-state index contributed by atoms with van der Waals surface area (Å²) in [5.74, 6) is -0.760. The van der Waals surface area contributed by atoms with Crippen LogP contribution in [0.5, 0.6) is 0 Å². The van der Waals surface area contributed by atoms with Crippen LogP contribution in [0.3, 0.4) is 0 Å². The summed E-state index contributed by atoms with van der Waals surface area (Å²) in [5, 5.41) is 32.8. The fourth-order valence-corrected chi connectivity index (χ4v) is 3.19. The number of hydrogen-bond donors (Lipinski definition) is 3. The van der Waals surface area contributed by atoms with E-state index in [0.29, 0.717) is 25.9 Å². The summed E-state index contributed by atoms with van der Waals surface area (Å²) < 4.78 is 0. The number of carboxylic acids is 1. The quantitative estimate of drug-likeness (QED) is 0.524. The molecule has 1 fully saturated rings. The van der Waals surface area contributed by atoms with Crippen LogP contribution in [-0.4, -0.2) is 27.7 Å². The Kier molecular flexibility index (Phi) is 5.68. The van der Waals surface area contributed by atoms with Gasteiger partial charge in [-0.1, -0.05) is 25.3 Å². The molecule has 1 aromatic rings. The molecule has 1 aliphatic rings. The Hall–Kier alpha value is -1.99. The highest BCUT2D eigenvalue weighted by atomic mass is 16.6. The number of nitrogens with zero attached hydrogens (tertiary/aromatic N) is 1. The summed E-state index contributed by atoms with van der Waals surface area (Å²) >= 11 is 0. The molecule has 0 aliphatic heterocycles. The Balaban J connectivity index is 2.00. The number of rotatable bonds is 7. The van der Waals surface area contributed by atoms with Gasteiger partial charge in [0.2, 0.25) is 0 Å². The van der Waals surface area contributed by atoms with E-state index in [1.54, 1.807) is 12.1 Å². The minimum Gasteiger partial charge on any atom is -0.481 e. The Morgan fingerprint density at radius 1 is 1.30 bits per heavy atom. The van der Waals surface area contributed by atoms with Crippen LogP contribution in [0.25, 0.3) is 0 Å². The van der Waals surface area contributed by atoms with Crippen molar-refractivity contribution in [1.29, 1.82) is 0 Å². The number of nitro groups is 1. The first-order valence-electron chi connectivity index (χ1n) is 7.80. The zero-order valence-electron chi connectivity index (χ0n) is 13.0. The molecule has 2 rings (SSSR count). The third-order valence-electron chi connectivity index (χ3n) is 4.57. The lowest BCUT2D eigenvalue weighted by atomic mass is 9.74. The fourth-order valence-electron chi connectivity index (χ4n) is 3.19. The molecule has 0 saturated heterocycles. The second-order valence-electron chi connectivity index (χ2n) is 6.13. The molecule has 1 saturated carbocycles. The molecule has 7 heteroatoms. The summed E-state index contributed by atoms with van der Waals surface area (Å²) in [4.78, 5) is 21.9. The van der Waals surface area contributed by atoms with Gasteiger partial charge < -0.3 is 15.5 Å². The van der Waals surface area contributed by atoms with E-state index < -0.39 is 22.9 Å². The molecule has 0 atom stereocenters. The average molecular weight is 322 g/mol. The minimum absolute atomic E-state index is 0.106. The molecule has 1 aliphatic carbocycles. The van der Waals surface area contributed by atoms with Gasteiger partial charge in [0.25, 0.3) is 5.69 Å². The van der Waals surface area contributed by atoms with Crippen LogP contribution in [0, 0.1) is 15.5 Å². The van der Waals surface area contributed by atoms with Crippen molar-refractivity contribution in [3.8, 4) is 0 Å². The topological polar surface area (TPSA) is 113 Å². The Morgan fingerprint density at radius 2 is 2.00 bits per heavy atom. The van der Waals surface area contributed by atoms with E-state index in [4.69, 9.17) is 0 Å². The Bertz CT molecular complexity index is 582. The zero-order chi connectivity index (χ0) is 16.9. The summed E-state index contributed by atoms with van der Waals surface area (Å²) in [5.41, 5.74) is 0.236. The number of nitro benzene ring substituents is 1. The molecular weight excluding hydrogens is 300 g/mol. The second-order valence-corrected chi connectivity index (χ2v) is 6.13. The molecule has 0 unspecified atom stereocenters. The van der Waals surface area contributed by atoms with Gasteiger partial charge in [0.15, 0.2) is 0 Å². The van der Waals surface area contributed by atoms with Crippen LogP contribution in [0.1, 0.15) is 43.2 Å². The first-order valence-corrected chi connectivity index (χ1v) is 7.80.